The van der Waals surface area contributed by atoms with Gasteiger partial charge in [-0.05, 0) is 24.6 Å². The summed E-state index contributed by atoms with van der Waals surface area (Å²) in [5.74, 6) is -0.0684. The molecule has 1 aromatic carbocycles. The van der Waals surface area contributed by atoms with Crippen molar-refractivity contribution in [2.24, 2.45) is 0 Å². The summed E-state index contributed by atoms with van der Waals surface area (Å²) in [5.41, 5.74) is 0.861. The fourth-order valence-corrected chi connectivity index (χ4v) is 1.97. The highest BCUT2D eigenvalue weighted by Crippen LogP contribution is 2.18. The first-order valence-electron chi connectivity index (χ1n) is 6.07. The molecule has 2 aromatic rings. The second-order valence-electron chi connectivity index (χ2n) is 4.20. The van der Waals surface area contributed by atoms with Gasteiger partial charge in [-0.25, -0.2) is 0 Å². The minimum atomic E-state index is -0.0684. The molecule has 2 rings (SSSR count). The van der Waals surface area contributed by atoms with Crippen molar-refractivity contribution < 1.29 is 9.53 Å². The molecule has 19 heavy (non-hydrogen) atoms. The van der Waals surface area contributed by atoms with Crippen LogP contribution in [0.2, 0.25) is 5.02 Å². The van der Waals surface area contributed by atoms with Crippen molar-refractivity contribution in [3.05, 3.63) is 29.4 Å². The second kappa shape index (κ2) is 6.54. The average molecular weight is 282 g/mol. The Bertz CT molecular complexity index is 568. The fraction of sp³-hybridized carbons (Fsp3) is 0.385. The van der Waals surface area contributed by atoms with Crippen molar-refractivity contribution in [3.63, 3.8) is 0 Å². The molecule has 0 fully saturated rings. The summed E-state index contributed by atoms with van der Waals surface area (Å²) >= 11 is 5.95. The lowest BCUT2D eigenvalue weighted by Gasteiger charge is -2.06. The van der Waals surface area contributed by atoms with Gasteiger partial charge in [-0.1, -0.05) is 11.6 Å². The number of rotatable bonds is 6. The molecule has 0 spiro atoms. The first-order chi connectivity index (χ1) is 9.20. The van der Waals surface area contributed by atoms with Crippen LogP contribution in [0.15, 0.2) is 24.4 Å². The Hall–Kier alpha value is -1.59. The zero-order chi connectivity index (χ0) is 13.7. The Balaban J connectivity index is 1.97. The Morgan fingerprint density at radius 2 is 2.37 bits per heavy atom. The number of benzene rings is 1. The normalized spacial score (nSPS) is 10.8. The van der Waals surface area contributed by atoms with E-state index >= 15 is 0 Å². The van der Waals surface area contributed by atoms with Crippen LogP contribution in [0.1, 0.15) is 6.42 Å². The first-order valence-corrected chi connectivity index (χ1v) is 6.45. The molecule has 0 radical (unpaired) electrons. The molecule has 6 heteroatoms. The van der Waals surface area contributed by atoms with Gasteiger partial charge in [0.15, 0.2) is 0 Å². The third kappa shape index (κ3) is 3.68. The van der Waals surface area contributed by atoms with Gasteiger partial charge in [-0.15, -0.1) is 0 Å². The van der Waals surface area contributed by atoms with Crippen LogP contribution < -0.4 is 5.32 Å². The number of hydrogen-bond acceptors (Lipinski definition) is 3. The van der Waals surface area contributed by atoms with Crippen molar-refractivity contribution in [3.8, 4) is 0 Å². The van der Waals surface area contributed by atoms with Crippen molar-refractivity contribution >= 4 is 28.4 Å². The van der Waals surface area contributed by atoms with Gasteiger partial charge in [-0.3, -0.25) is 9.48 Å². The summed E-state index contributed by atoms with van der Waals surface area (Å²) in [6.45, 7) is 1.43. The summed E-state index contributed by atoms with van der Waals surface area (Å²) in [6, 6.07) is 5.50. The van der Waals surface area contributed by atoms with E-state index < -0.39 is 0 Å². The van der Waals surface area contributed by atoms with Crippen molar-refractivity contribution in [2.45, 2.75) is 13.0 Å². The summed E-state index contributed by atoms with van der Waals surface area (Å²) in [7, 11) is 1.64. The number of amides is 1. The molecule has 0 saturated heterocycles. The van der Waals surface area contributed by atoms with E-state index in [0.717, 1.165) is 17.3 Å². The smallest absolute Gasteiger partial charge is 0.241 e. The van der Waals surface area contributed by atoms with Crippen LogP contribution in [-0.4, -0.2) is 35.9 Å². The quantitative estimate of drug-likeness (QED) is 0.822. The number of nitrogens with one attached hydrogen (secondary N) is 1. The van der Waals surface area contributed by atoms with Crippen LogP contribution in [0.3, 0.4) is 0 Å². The highest BCUT2D eigenvalue weighted by atomic mass is 35.5. The van der Waals surface area contributed by atoms with Crippen LogP contribution in [0, 0.1) is 0 Å². The van der Waals surface area contributed by atoms with Gasteiger partial charge in [0.05, 0.1) is 11.7 Å². The van der Waals surface area contributed by atoms with Gasteiger partial charge in [0.2, 0.25) is 5.91 Å². The van der Waals surface area contributed by atoms with E-state index in [9.17, 15) is 4.79 Å². The van der Waals surface area contributed by atoms with Crippen LogP contribution in [0.4, 0.5) is 0 Å². The van der Waals surface area contributed by atoms with Gasteiger partial charge < -0.3 is 10.1 Å². The molecule has 102 valence electrons. The molecule has 0 bridgehead atoms. The molecule has 1 aromatic heterocycles. The average Bonchev–Trinajstić information content (AvgIpc) is 2.77. The van der Waals surface area contributed by atoms with E-state index in [2.05, 4.69) is 10.4 Å². The van der Waals surface area contributed by atoms with E-state index in [1.807, 2.05) is 12.1 Å². The van der Waals surface area contributed by atoms with E-state index in [-0.39, 0.29) is 12.5 Å². The largest absolute Gasteiger partial charge is 0.385 e. The second-order valence-corrected chi connectivity index (χ2v) is 4.64. The van der Waals surface area contributed by atoms with E-state index in [1.54, 1.807) is 24.1 Å². The Labute approximate surface area is 116 Å². The number of hydrogen-bond donors (Lipinski definition) is 1. The number of nitrogens with zero attached hydrogens (tertiary/aromatic N) is 2. The molecule has 0 atom stereocenters. The monoisotopic (exact) mass is 281 g/mol. The van der Waals surface area contributed by atoms with E-state index in [0.29, 0.717) is 18.2 Å². The van der Waals surface area contributed by atoms with Crippen molar-refractivity contribution in [1.29, 1.82) is 0 Å². The maximum Gasteiger partial charge on any atom is 0.241 e. The molecular weight excluding hydrogens is 266 g/mol. The molecule has 1 amide bonds. The molecule has 5 nitrogen and oxygen atoms in total. The summed E-state index contributed by atoms with van der Waals surface area (Å²) in [6.07, 6.45) is 2.53. The van der Waals surface area contributed by atoms with Gasteiger partial charge >= 0.3 is 0 Å². The molecule has 0 unspecified atom stereocenters. The van der Waals surface area contributed by atoms with Crippen LogP contribution >= 0.6 is 11.6 Å². The van der Waals surface area contributed by atoms with Gasteiger partial charge in [-0.2, -0.15) is 5.10 Å². The summed E-state index contributed by atoms with van der Waals surface area (Å²) in [4.78, 5) is 11.8. The summed E-state index contributed by atoms with van der Waals surface area (Å²) in [5, 5.41) is 8.62. The predicted molar refractivity (Wildman–Crippen MR) is 74.2 cm³/mol. The lowest BCUT2D eigenvalue weighted by molar-refractivity contribution is -0.121. The third-order valence-corrected chi connectivity index (χ3v) is 2.98. The van der Waals surface area contributed by atoms with Crippen molar-refractivity contribution in [2.75, 3.05) is 20.3 Å². The fourth-order valence-electron chi connectivity index (χ4n) is 1.81. The van der Waals surface area contributed by atoms with E-state index in [4.69, 9.17) is 16.3 Å². The Kier molecular flexibility index (Phi) is 4.76. The number of carbonyl (C=O) groups excluding carboxylic acids is 1. The highest BCUT2D eigenvalue weighted by Gasteiger charge is 2.07. The zero-order valence-corrected chi connectivity index (χ0v) is 11.5. The zero-order valence-electron chi connectivity index (χ0n) is 10.7. The number of carbonyl (C=O) groups is 1. The minimum Gasteiger partial charge on any atom is -0.385 e. The van der Waals surface area contributed by atoms with Crippen molar-refractivity contribution in [1.82, 2.24) is 15.1 Å². The first kappa shape index (κ1) is 13.8. The van der Waals surface area contributed by atoms with Crippen LogP contribution in [0.25, 0.3) is 10.9 Å². The molecule has 0 aliphatic rings. The Morgan fingerprint density at radius 3 is 3.16 bits per heavy atom. The lowest BCUT2D eigenvalue weighted by atomic mass is 10.2. The van der Waals surface area contributed by atoms with Crippen LogP contribution in [0.5, 0.6) is 0 Å². The number of halogens is 1. The number of aromatic nitrogens is 2. The SMILES string of the molecule is COCCCNC(=O)Cn1ncc2ccc(Cl)cc21. The molecule has 1 N–H and O–H groups in total. The molecule has 1 heterocycles. The number of fused-ring (bicyclic) bond motifs is 1. The van der Waals surface area contributed by atoms with Gasteiger partial charge in [0.25, 0.3) is 0 Å². The highest BCUT2D eigenvalue weighted by molar-refractivity contribution is 6.31. The molecule has 0 saturated carbocycles. The molecular formula is C13H16ClN3O2. The van der Waals surface area contributed by atoms with Crippen LogP contribution in [-0.2, 0) is 16.1 Å². The minimum absolute atomic E-state index is 0.0684. The maximum atomic E-state index is 11.8. The standard InChI is InChI=1S/C13H16ClN3O2/c1-19-6-2-5-15-13(18)9-17-12-7-11(14)4-3-10(12)8-16-17/h3-4,7-8H,2,5-6,9H2,1H3,(H,15,18). The predicted octanol–water partition coefficient (Wildman–Crippen LogP) is 1.84. The number of ether oxygens (including phenoxy) is 1. The van der Waals surface area contributed by atoms with Gasteiger partial charge in [0.1, 0.15) is 6.54 Å². The topological polar surface area (TPSA) is 56.1 Å². The van der Waals surface area contributed by atoms with E-state index in [1.165, 1.54) is 0 Å². The van der Waals surface area contributed by atoms with Gasteiger partial charge in [0, 0.05) is 30.7 Å². The number of methoxy groups -OCH3 is 1. The molecule has 0 aliphatic carbocycles. The summed E-state index contributed by atoms with van der Waals surface area (Å²) < 4.78 is 6.56. The molecule has 0 aliphatic heterocycles. The Morgan fingerprint density at radius 1 is 1.53 bits per heavy atom. The maximum absolute atomic E-state index is 11.8. The third-order valence-electron chi connectivity index (χ3n) is 2.75. The lowest BCUT2D eigenvalue weighted by Crippen LogP contribution is -2.29.